The van der Waals surface area contributed by atoms with Gasteiger partial charge in [-0.25, -0.2) is 4.39 Å². The van der Waals surface area contributed by atoms with Gasteiger partial charge in [0.15, 0.2) is 0 Å². The van der Waals surface area contributed by atoms with Gasteiger partial charge in [-0.05, 0) is 58.4 Å². The summed E-state index contributed by atoms with van der Waals surface area (Å²) in [4.78, 5) is 0. The van der Waals surface area contributed by atoms with Crippen molar-refractivity contribution in [3.63, 3.8) is 0 Å². The molecule has 18 heavy (non-hydrogen) atoms. The van der Waals surface area contributed by atoms with E-state index in [0.717, 1.165) is 24.9 Å². The summed E-state index contributed by atoms with van der Waals surface area (Å²) in [6, 6.07) is 5.67. The molecule has 0 heterocycles. The van der Waals surface area contributed by atoms with Crippen LogP contribution in [0.1, 0.15) is 39.7 Å². The molecule has 102 valence electrons. The summed E-state index contributed by atoms with van der Waals surface area (Å²) in [5, 5.41) is 3.58. The predicted octanol–water partition coefficient (Wildman–Crippen LogP) is 4.55. The minimum Gasteiger partial charge on any atom is -0.313 e. The summed E-state index contributed by atoms with van der Waals surface area (Å²) < 4.78 is 13.8. The van der Waals surface area contributed by atoms with E-state index in [1.807, 2.05) is 12.1 Å². The first kappa shape index (κ1) is 15.6. The van der Waals surface area contributed by atoms with E-state index < -0.39 is 0 Å². The number of hydrogen-bond acceptors (Lipinski definition) is 1. The number of rotatable bonds is 5. The molecule has 1 N–H and O–H groups in total. The summed E-state index contributed by atoms with van der Waals surface area (Å²) in [5.41, 5.74) is 1.35. The Kier molecular flexibility index (Phi) is 5.80. The molecule has 0 aliphatic carbocycles. The molecule has 0 saturated carbocycles. The fourth-order valence-corrected chi connectivity index (χ4v) is 2.33. The summed E-state index contributed by atoms with van der Waals surface area (Å²) in [6.07, 6.45) is 2.04. The van der Waals surface area contributed by atoms with E-state index in [2.05, 4.69) is 48.9 Å². The van der Waals surface area contributed by atoms with Crippen LogP contribution in [0.4, 0.5) is 4.39 Å². The van der Waals surface area contributed by atoms with Crippen LogP contribution in [-0.2, 0) is 6.42 Å². The van der Waals surface area contributed by atoms with Gasteiger partial charge in [0.1, 0.15) is 5.82 Å². The SMILES string of the molecule is CCCNC(Cc1ccc(F)c(Br)c1)C(C)(C)C. The maximum Gasteiger partial charge on any atom is 0.137 e. The van der Waals surface area contributed by atoms with Gasteiger partial charge in [-0.2, -0.15) is 0 Å². The van der Waals surface area contributed by atoms with Crippen LogP contribution in [0.25, 0.3) is 0 Å². The lowest BCUT2D eigenvalue weighted by Gasteiger charge is -2.32. The fourth-order valence-electron chi connectivity index (χ4n) is 1.91. The Morgan fingerprint density at radius 1 is 1.33 bits per heavy atom. The zero-order valence-corrected chi connectivity index (χ0v) is 13.3. The molecule has 1 rings (SSSR count). The Balaban J connectivity index is 2.79. The Morgan fingerprint density at radius 3 is 2.50 bits per heavy atom. The fraction of sp³-hybridized carbons (Fsp3) is 0.600. The van der Waals surface area contributed by atoms with Gasteiger partial charge in [0, 0.05) is 6.04 Å². The number of nitrogens with one attached hydrogen (secondary N) is 1. The first-order valence-corrected chi connectivity index (χ1v) is 7.31. The third-order valence-electron chi connectivity index (χ3n) is 3.11. The molecule has 1 aromatic carbocycles. The van der Waals surface area contributed by atoms with Crippen molar-refractivity contribution in [3.05, 3.63) is 34.1 Å². The Bertz CT molecular complexity index is 385. The molecule has 0 fully saturated rings. The Labute approximate surface area is 118 Å². The molecule has 0 aliphatic heterocycles. The van der Waals surface area contributed by atoms with E-state index in [0.29, 0.717) is 10.5 Å². The average molecular weight is 316 g/mol. The highest BCUT2D eigenvalue weighted by molar-refractivity contribution is 9.10. The molecule has 0 bridgehead atoms. The standard InChI is InChI=1S/C15H23BrFN/c1-5-8-18-14(15(2,3)4)10-11-6-7-13(17)12(16)9-11/h6-7,9,14,18H,5,8,10H2,1-4H3. The second-order valence-electron chi connectivity index (χ2n) is 5.83. The van der Waals surface area contributed by atoms with Crippen molar-refractivity contribution < 1.29 is 4.39 Å². The summed E-state index contributed by atoms with van der Waals surface area (Å²) in [5.74, 6) is -0.201. The average Bonchev–Trinajstić information content (AvgIpc) is 2.27. The number of benzene rings is 1. The van der Waals surface area contributed by atoms with Gasteiger partial charge in [0.2, 0.25) is 0 Å². The van der Waals surface area contributed by atoms with Gasteiger partial charge < -0.3 is 5.32 Å². The van der Waals surface area contributed by atoms with E-state index >= 15 is 0 Å². The van der Waals surface area contributed by atoms with Crippen molar-refractivity contribution in [3.8, 4) is 0 Å². The lowest BCUT2D eigenvalue weighted by Crippen LogP contribution is -2.42. The molecule has 0 radical (unpaired) electrons. The van der Waals surface area contributed by atoms with Crippen LogP contribution in [0.5, 0.6) is 0 Å². The van der Waals surface area contributed by atoms with Crippen LogP contribution in [0, 0.1) is 11.2 Å². The minimum absolute atomic E-state index is 0.191. The predicted molar refractivity (Wildman–Crippen MR) is 79.3 cm³/mol. The van der Waals surface area contributed by atoms with Crippen LogP contribution in [0.15, 0.2) is 22.7 Å². The molecule has 1 aromatic rings. The highest BCUT2D eigenvalue weighted by atomic mass is 79.9. The minimum atomic E-state index is -0.201. The molecule has 0 saturated heterocycles. The van der Waals surface area contributed by atoms with E-state index in [4.69, 9.17) is 0 Å². The zero-order chi connectivity index (χ0) is 13.8. The Morgan fingerprint density at radius 2 is 2.00 bits per heavy atom. The summed E-state index contributed by atoms with van der Waals surface area (Å²) in [6.45, 7) is 9.89. The van der Waals surface area contributed by atoms with Crippen LogP contribution < -0.4 is 5.32 Å². The smallest absolute Gasteiger partial charge is 0.137 e. The molecular weight excluding hydrogens is 293 g/mol. The van der Waals surface area contributed by atoms with Crippen LogP contribution in [0.3, 0.4) is 0 Å². The summed E-state index contributed by atoms with van der Waals surface area (Å²) in [7, 11) is 0. The topological polar surface area (TPSA) is 12.0 Å². The normalized spacial score (nSPS) is 13.7. The third-order valence-corrected chi connectivity index (χ3v) is 3.72. The monoisotopic (exact) mass is 315 g/mol. The lowest BCUT2D eigenvalue weighted by molar-refractivity contribution is 0.266. The Hall–Kier alpha value is -0.410. The molecule has 1 nitrogen and oxygen atoms in total. The van der Waals surface area contributed by atoms with Crippen LogP contribution >= 0.6 is 15.9 Å². The van der Waals surface area contributed by atoms with E-state index in [1.54, 1.807) is 0 Å². The molecule has 0 spiro atoms. The van der Waals surface area contributed by atoms with Crippen molar-refractivity contribution in [2.75, 3.05) is 6.54 Å². The molecule has 0 amide bonds. The van der Waals surface area contributed by atoms with E-state index in [1.165, 1.54) is 6.07 Å². The van der Waals surface area contributed by atoms with Gasteiger partial charge in [0.25, 0.3) is 0 Å². The highest BCUT2D eigenvalue weighted by Gasteiger charge is 2.24. The third kappa shape index (κ3) is 4.69. The van der Waals surface area contributed by atoms with Gasteiger partial charge in [-0.15, -0.1) is 0 Å². The van der Waals surface area contributed by atoms with Crippen molar-refractivity contribution in [1.82, 2.24) is 5.32 Å². The first-order valence-electron chi connectivity index (χ1n) is 6.52. The molecule has 0 aliphatic rings. The molecule has 1 atom stereocenters. The molecule has 3 heteroatoms. The zero-order valence-electron chi connectivity index (χ0n) is 11.7. The number of hydrogen-bond donors (Lipinski definition) is 1. The van der Waals surface area contributed by atoms with Crippen molar-refractivity contribution in [2.45, 2.75) is 46.6 Å². The molecule has 0 aromatic heterocycles. The lowest BCUT2D eigenvalue weighted by atomic mass is 9.83. The maximum atomic E-state index is 13.2. The second-order valence-corrected chi connectivity index (χ2v) is 6.68. The van der Waals surface area contributed by atoms with Crippen molar-refractivity contribution in [1.29, 1.82) is 0 Å². The van der Waals surface area contributed by atoms with Gasteiger partial charge in [-0.1, -0.05) is 33.8 Å². The quantitative estimate of drug-likeness (QED) is 0.840. The molecule has 1 unspecified atom stereocenters. The summed E-state index contributed by atoms with van der Waals surface area (Å²) >= 11 is 3.24. The van der Waals surface area contributed by atoms with Gasteiger partial charge >= 0.3 is 0 Å². The number of halogens is 2. The largest absolute Gasteiger partial charge is 0.313 e. The second kappa shape index (κ2) is 6.67. The van der Waals surface area contributed by atoms with Gasteiger partial charge in [0.05, 0.1) is 4.47 Å². The molecular formula is C15H23BrFN. The van der Waals surface area contributed by atoms with Crippen molar-refractivity contribution in [2.24, 2.45) is 5.41 Å². The van der Waals surface area contributed by atoms with Gasteiger partial charge in [-0.3, -0.25) is 0 Å². The first-order chi connectivity index (χ1) is 8.34. The maximum absolute atomic E-state index is 13.2. The van der Waals surface area contributed by atoms with Crippen molar-refractivity contribution >= 4 is 15.9 Å². The van der Waals surface area contributed by atoms with Crippen LogP contribution in [-0.4, -0.2) is 12.6 Å². The van der Waals surface area contributed by atoms with Crippen LogP contribution in [0.2, 0.25) is 0 Å². The highest BCUT2D eigenvalue weighted by Crippen LogP contribution is 2.24. The van der Waals surface area contributed by atoms with E-state index in [-0.39, 0.29) is 11.2 Å². The van der Waals surface area contributed by atoms with E-state index in [9.17, 15) is 4.39 Å².